The normalized spacial score (nSPS) is 24.2. The van der Waals surface area contributed by atoms with E-state index in [1.54, 1.807) is 0 Å². The Labute approximate surface area is 110 Å². The standard InChI is InChI=1S/C14H27NO3/c1-5-7-15-12-10-17-9-11(12)13(16)18-8-6-14(2,3)4/h11-12,15H,5-10H2,1-4H3. The second-order valence-electron chi connectivity index (χ2n) is 6.18. The molecule has 2 atom stereocenters. The van der Waals surface area contributed by atoms with E-state index in [1.807, 2.05) is 0 Å². The summed E-state index contributed by atoms with van der Waals surface area (Å²) in [5.41, 5.74) is 0.201. The highest BCUT2D eigenvalue weighted by atomic mass is 16.5. The second kappa shape index (κ2) is 7.10. The zero-order valence-corrected chi connectivity index (χ0v) is 12.1. The molecule has 1 fully saturated rings. The first kappa shape index (κ1) is 15.4. The lowest BCUT2D eigenvalue weighted by Gasteiger charge is -2.20. The molecule has 1 rings (SSSR count). The van der Waals surface area contributed by atoms with Crippen LogP contribution in [0.1, 0.15) is 40.5 Å². The van der Waals surface area contributed by atoms with Crippen LogP contribution >= 0.6 is 0 Å². The summed E-state index contributed by atoms with van der Waals surface area (Å²) in [6.45, 7) is 11.1. The van der Waals surface area contributed by atoms with Crippen molar-refractivity contribution < 1.29 is 14.3 Å². The van der Waals surface area contributed by atoms with Crippen molar-refractivity contribution in [2.45, 2.75) is 46.6 Å². The van der Waals surface area contributed by atoms with Crippen molar-refractivity contribution in [2.24, 2.45) is 11.3 Å². The molecule has 2 unspecified atom stereocenters. The van der Waals surface area contributed by atoms with Crippen LogP contribution in [0, 0.1) is 11.3 Å². The molecule has 1 N–H and O–H groups in total. The number of carbonyl (C=O) groups excluding carboxylic acids is 1. The van der Waals surface area contributed by atoms with Gasteiger partial charge in [-0.15, -0.1) is 0 Å². The zero-order chi connectivity index (χ0) is 13.6. The molecule has 4 nitrogen and oxygen atoms in total. The van der Waals surface area contributed by atoms with Crippen molar-refractivity contribution in [3.8, 4) is 0 Å². The molecule has 0 saturated carbocycles. The van der Waals surface area contributed by atoms with Crippen molar-refractivity contribution in [3.05, 3.63) is 0 Å². The van der Waals surface area contributed by atoms with Crippen LogP contribution in [-0.4, -0.2) is 38.4 Å². The molecule has 1 heterocycles. The Hall–Kier alpha value is -0.610. The summed E-state index contributed by atoms with van der Waals surface area (Å²) in [6.07, 6.45) is 1.95. The summed E-state index contributed by atoms with van der Waals surface area (Å²) in [5, 5.41) is 3.34. The molecule has 0 aliphatic carbocycles. The van der Waals surface area contributed by atoms with Crippen LogP contribution in [0.5, 0.6) is 0 Å². The molecule has 1 saturated heterocycles. The fourth-order valence-corrected chi connectivity index (χ4v) is 1.88. The molecular formula is C14H27NO3. The fraction of sp³-hybridized carbons (Fsp3) is 0.929. The summed E-state index contributed by atoms with van der Waals surface area (Å²) < 4.78 is 10.7. The van der Waals surface area contributed by atoms with Crippen LogP contribution in [0.25, 0.3) is 0 Å². The minimum atomic E-state index is -0.142. The lowest BCUT2D eigenvalue weighted by molar-refractivity contribution is -0.149. The van der Waals surface area contributed by atoms with E-state index in [0.29, 0.717) is 19.8 Å². The molecule has 1 aliphatic rings. The smallest absolute Gasteiger partial charge is 0.312 e. The van der Waals surface area contributed by atoms with Crippen molar-refractivity contribution in [3.63, 3.8) is 0 Å². The number of rotatable bonds is 6. The van der Waals surface area contributed by atoms with E-state index in [1.165, 1.54) is 0 Å². The summed E-state index contributed by atoms with van der Waals surface area (Å²) in [5.74, 6) is -0.262. The number of esters is 1. The van der Waals surface area contributed by atoms with E-state index in [4.69, 9.17) is 9.47 Å². The molecule has 0 aromatic heterocycles. The molecule has 1 aliphatic heterocycles. The van der Waals surface area contributed by atoms with Gasteiger partial charge in [0.1, 0.15) is 0 Å². The third kappa shape index (κ3) is 5.36. The minimum Gasteiger partial charge on any atom is -0.465 e. The predicted octanol–water partition coefficient (Wildman–Crippen LogP) is 1.98. The highest BCUT2D eigenvalue weighted by Crippen LogP contribution is 2.20. The van der Waals surface area contributed by atoms with Gasteiger partial charge in [0.2, 0.25) is 0 Å². The van der Waals surface area contributed by atoms with Gasteiger partial charge in [-0.3, -0.25) is 4.79 Å². The number of hydrogen-bond acceptors (Lipinski definition) is 4. The quantitative estimate of drug-likeness (QED) is 0.739. The fourth-order valence-electron chi connectivity index (χ4n) is 1.88. The van der Waals surface area contributed by atoms with E-state index in [0.717, 1.165) is 19.4 Å². The molecule has 0 radical (unpaired) electrons. The second-order valence-corrected chi connectivity index (χ2v) is 6.18. The third-order valence-corrected chi connectivity index (χ3v) is 3.14. The van der Waals surface area contributed by atoms with E-state index < -0.39 is 0 Å². The Morgan fingerprint density at radius 2 is 2.11 bits per heavy atom. The molecule has 0 spiro atoms. The van der Waals surface area contributed by atoms with Gasteiger partial charge in [-0.2, -0.15) is 0 Å². The van der Waals surface area contributed by atoms with E-state index in [-0.39, 0.29) is 23.3 Å². The Morgan fingerprint density at radius 3 is 2.72 bits per heavy atom. The minimum absolute atomic E-state index is 0.118. The maximum atomic E-state index is 12.0. The van der Waals surface area contributed by atoms with Gasteiger partial charge in [0.05, 0.1) is 25.7 Å². The monoisotopic (exact) mass is 257 g/mol. The topological polar surface area (TPSA) is 47.6 Å². The van der Waals surface area contributed by atoms with Gasteiger partial charge in [-0.25, -0.2) is 0 Å². The summed E-state index contributed by atoms with van der Waals surface area (Å²) in [4.78, 5) is 12.0. The van der Waals surface area contributed by atoms with Crippen LogP contribution < -0.4 is 5.32 Å². The molecule has 0 bridgehead atoms. The van der Waals surface area contributed by atoms with Gasteiger partial charge in [0.15, 0.2) is 0 Å². The van der Waals surface area contributed by atoms with E-state index in [2.05, 4.69) is 33.0 Å². The van der Waals surface area contributed by atoms with Gasteiger partial charge in [0, 0.05) is 6.04 Å². The Bertz CT molecular complexity index is 260. The first-order valence-corrected chi connectivity index (χ1v) is 6.92. The van der Waals surface area contributed by atoms with Crippen LogP contribution in [0.2, 0.25) is 0 Å². The molecule has 106 valence electrons. The zero-order valence-electron chi connectivity index (χ0n) is 12.1. The van der Waals surface area contributed by atoms with Gasteiger partial charge >= 0.3 is 5.97 Å². The van der Waals surface area contributed by atoms with Crippen molar-refractivity contribution in [1.29, 1.82) is 0 Å². The summed E-state index contributed by atoms with van der Waals surface area (Å²) >= 11 is 0. The van der Waals surface area contributed by atoms with Crippen LogP contribution in [0.4, 0.5) is 0 Å². The highest BCUT2D eigenvalue weighted by Gasteiger charge is 2.34. The number of ether oxygens (including phenoxy) is 2. The van der Waals surface area contributed by atoms with Gasteiger partial charge in [0.25, 0.3) is 0 Å². The Kier molecular flexibility index (Phi) is 6.09. The van der Waals surface area contributed by atoms with Crippen LogP contribution in [0.15, 0.2) is 0 Å². The molecule has 0 aromatic carbocycles. The first-order valence-electron chi connectivity index (χ1n) is 6.92. The maximum Gasteiger partial charge on any atom is 0.312 e. The van der Waals surface area contributed by atoms with Crippen molar-refractivity contribution in [2.75, 3.05) is 26.4 Å². The Morgan fingerprint density at radius 1 is 1.39 bits per heavy atom. The average molecular weight is 257 g/mol. The summed E-state index contributed by atoms with van der Waals surface area (Å²) in [6, 6.07) is 0.118. The summed E-state index contributed by atoms with van der Waals surface area (Å²) in [7, 11) is 0. The molecule has 0 aromatic rings. The van der Waals surface area contributed by atoms with Crippen molar-refractivity contribution in [1.82, 2.24) is 5.32 Å². The third-order valence-electron chi connectivity index (χ3n) is 3.14. The van der Waals surface area contributed by atoms with Gasteiger partial charge < -0.3 is 14.8 Å². The molecule has 4 heteroatoms. The van der Waals surface area contributed by atoms with Gasteiger partial charge in [-0.1, -0.05) is 27.7 Å². The van der Waals surface area contributed by atoms with Gasteiger partial charge in [-0.05, 0) is 24.8 Å². The van der Waals surface area contributed by atoms with Crippen LogP contribution in [0.3, 0.4) is 0 Å². The van der Waals surface area contributed by atoms with Crippen LogP contribution in [-0.2, 0) is 14.3 Å². The predicted molar refractivity (Wildman–Crippen MR) is 71.4 cm³/mol. The SMILES string of the molecule is CCCNC1COCC1C(=O)OCCC(C)(C)C. The van der Waals surface area contributed by atoms with Crippen molar-refractivity contribution >= 4 is 5.97 Å². The highest BCUT2D eigenvalue weighted by molar-refractivity contribution is 5.73. The molecule has 0 amide bonds. The Balaban J connectivity index is 2.31. The van der Waals surface area contributed by atoms with E-state index >= 15 is 0 Å². The number of nitrogens with one attached hydrogen (secondary N) is 1. The molecule has 18 heavy (non-hydrogen) atoms. The lowest BCUT2D eigenvalue weighted by atomic mass is 9.93. The van der Waals surface area contributed by atoms with E-state index in [9.17, 15) is 4.79 Å². The number of carbonyl (C=O) groups is 1. The average Bonchev–Trinajstić information content (AvgIpc) is 2.72. The molecular weight excluding hydrogens is 230 g/mol. The first-order chi connectivity index (χ1) is 8.44. The lowest BCUT2D eigenvalue weighted by Crippen LogP contribution is -2.40. The number of hydrogen-bond donors (Lipinski definition) is 1. The largest absolute Gasteiger partial charge is 0.465 e. The maximum absolute atomic E-state index is 12.0.